The van der Waals surface area contributed by atoms with Crippen molar-refractivity contribution >= 4 is 32.7 Å². The number of rotatable bonds is 6. The Bertz CT molecular complexity index is 1350. The minimum Gasteiger partial charge on any atom is -0.373 e. The van der Waals surface area contributed by atoms with Gasteiger partial charge >= 0.3 is 0 Å². The van der Waals surface area contributed by atoms with Crippen LogP contribution in [0.25, 0.3) is 11.0 Å². The molecule has 1 aliphatic rings. The van der Waals surface area contributed by atoms with E-state index in [4.69, 9.17) is 9.72 Å². The van der Waals surface area contributed by atoms with Crippen LogP contribution in [0.4, 0.5) is 5.69 Å². The molecule has 1 N–H and O–H groups in total. The molecule has 1 aromatic carbocycles. The zero-order chi connectivity index (χ0) is 25.5. The first-order valence-electron chi connectivity index (χ1n) is 11.8. The van der Waals surface area contributed by atoms with Gasteiger partial charge in [-0.2, -0.15) is 9.40 Å². The van der Waals surface area contributed by atoms with Gasteiger partial charge in [0, 0.05) is 43.3 Å². The summed E-state index contributed by atoms with van der Waals surface area (Å²) in [4.78, 5) is 17.6. The number of aryl methyl sites for hydroxylation is 4. The first-order valence-corrected chi connectivity index (χ1v) is 13.3. The van der Waals surface area contributed by atoms with Gasteiger partial charge in [0.25, 0.3) is 0 Å². The maximum absolute atomic E-state index is 13.0. The van der Waals surface area contributed by atoms with Crippen LogP contribution in [0.15, 0.2) is 29.2 Å². The van der Waals surface area contributed by atoms with E-state index in [1.807, 2.05) is 41.7 Å². The predicted molar refractivity (Wildman–Crippen MR) is 135 cm³/mol. The fourth-order valence-corrected chi connectivity index (χ4v) is 6.47. The Kier molecular flexibility index (Phi) is 6.99. The third kappa shape index (κ3) is 5.10. The fraction of sp³-hybridized carbons (Fsp3) is 0.480. The van der Waals surface area contributed by atoms with E-state index in [0.717, 1.165) is 33.5 Å². The van der Waals surface area contributed by atoms with Crippen LogP contribution in [-0.2, 0) is 33.0 Å². The Labute approximate surface area is 206 Å². The summed E-state index contributed by atoms with van der Waals surface area (Å²) in [5.74, 6) is -0.141. The van der Waals surface area contributed by atoms with Crippen LogP contribution in [-0.4, -0.2) is 58.7 Å². The van der Waals surface area contributed by atoms with Gasteiger partial charge in [0.1, 0.15) is 0 Å². The molecule has 0 aliphatic carbocycles. The molecule has 1 fully saturated rings. The van der Waals surface area contributed by atoms with Crippen LogP contribution >= 0.6 is 0 Å². The Morgan fingerprint density at radius 1 is 1.09 bits per heavy atom. The van der Waals surface area contributed by atoms with Gasteiger partial charge in [-0.05, 0) is 76.4 Å². The maximum atomic E-state index is 13.0. The van der Waals surface area contributed by atoms with Crippen molar-refractivity contribution in [2.75, 3.05) is 18.4 Å². The Balaban J connectivity index is 1.42. The molecule has 0 bridgehead atoms. The molecule has 0 radical (unpaired) electrons. The topological polar surface area (TPSA) is 106 Å². The van der Waals surface area contributed by atoms with E-state index in [0.29, 0.717) is 25.2 Å². The van der Waals surface area contributed by atoms with E-state index in [9.17, 15) is 13.2 Å². The van der Waals surface area contributed by atoms with Crippen LogP contribution in [0, 0.1) is 20.8 Å². The second-order valence-corrected chi connectivity index (χ2v) is 11.3. The van der Waals surface area contributed by atoms with Crippen molar-refractivity contribution in [2.24, 2.45) is 7.05 Å². The zero-order valence-corrected chi connectivity index (χ0v) is 21.9. The van der Waals surface area contributed by atoms with Crippen LogP contribution < -0.4 is 5.32 Å². The second kappa shape index (κ2) is 9.67. The molecule has 2 unspecified atom stereocenters. The molecular weight excluding hydrogens is 466 g/mol. The average molecular weight is 500 g/mol. The van der Waals surface area contributed by atoms with E-state index >= 15 is 0 Å². The highest BCUT2D eigenvalue weighted by atomic mass is 32.2. The number of nitrogens with one attached hydrogen (secondary N) is 1. The van der Waals surface area contributed by atoms with Crippen molar-refractivity contribution in [3.63, 3.8) is 0 Å². The van der Waals surface area contributed by atoms with E-state index in [1.54, 1.807) is 16.8 Å². The molecule has 4 rings (SSSR count). The molecule has 1 amide bonds. The molecule has 2 atom stereocenters. The van der Waals surface area contributed by atoms with E-state index in [-0.39, 0.29) is 29.4 Å². The van der Waals surface area contributed by atoms with Gasteiger partial charge in [-0.3, -0.25) is 9.48 Å². The quantitative estimate of drug-likeness (QED) is 0.558. The number of nitrogens with zero attached hydrogens (tertiary/aromatic N) is 4. The van der Waals surface area contributed by atoms with Gasteiger partial charge in [0.15, 0.2) is 5.65 Å². The number of fused-ring (bicyclic) bond motifs is 1. The molecule has 0 spiro atoms. The molecule has 0 saturated carbocycles. The van der Waals surface area contributed by atoms with Gasteiger partial charge in [-0.15, -0.1) is 0 Å². The maximum Gasteiger partial charge on any atom is 0.243 e. The van der Waals surface area contributed by atoms with Crippen molar-refractivity contribution in [2.45, 2.75) is 64.6 Å². The Hall–Kier alpha value is -2.82. The van der Waals surface area contributed by atoms with Gasteiger partial charge in [-0.1, -0.05) is 0 Å². The summed E-state index contributed by atoms with van der Waals surface area (Å²) in [6, 6.07) is 6.32. The number of anilines is 1. The smallest absolute Gasteiger partial charge is 0.243 e. The lowest BCUT2D eigenvalue weighted by Gasteiger charge is -2.34. The normalized spacial score (nSPS) is 19.3. The van der Waals surface area contributed by atoms with Gasteiger partial charge in [-0.25, -0.2) is 13.4 Å². The SMILES string of the molecule is Cc1nc2c(c(C)nn2C)c(C)c1CCC(=O)Nc1ccc(S(=O)(=O)N2CC(C)OC(C)C2)cc1. The third-order valence-electron chi connectivity index (χ3n) is 6.49. The lowest BCUT2D eigenvalue weighted by atomic mass is 9.99. The Morgan fingerprint density at radius 2 is 1.71 bits per heavy atom. The minimum atomic E-state index is -3.62. The number of ether oxygens (including phenoxy) is 1. The van der Waals surface area contributed by atoms with Crippen molar-refractivity contribution in [1.82, 2.24) is 19.1 Å². The summed E-state index contributed by atoms with van der Waals surface area (Å²) in [7, 11) is -1.74. The molecule has 3 aromatic rings. The molecule has 1 aliphatic heterocycles. The highest BCUT2D eigenvalue weighted by molar-refractivity contribution is 7.89. The monoisotopic (exact) mass is 499 g/mol. The number of pyridine rings is 1. The number of hydrogen-bond donors (Lipinski definition) is 1. The molecular formula is C25H33N5O4S. The van der Waals surface area contributed by atoms with Gasteiger partial charge < -0.3 is 10.1 Å². The zero-order valence-electron chi connectivity index (χ0n) is 21.1. The fourth-order valence-electron chi connectivity index (χ4n) is 4.88. The van der Waals surface area contributed by atoms with Crippen molar-refractivity contribution < 1.29 is 17.9 Å². The molecule has 35 heavy (non-hydrogen) atoms. The summed E-state index contributed by atoms with van der Waals surface area (Å²) < 4.78 is 34.9. The lowest BCUT2D eigenvalue weighted by Crippen LogP contribution is -2.48. The highest BCUT2D eigenvalue weighted by Gasteiger charge is 2.32. The lowest BCUT2D eigenvalue weighted by molar-refractivity contribution is -0.116. The van der Waals surface area contributed by atoms with E-state index in [2.05, 4.69) is 10.4 Å². The van der Waals surface area contributed by atoms with Crippen molar-refractivity contribution in [3.05, 3.63) is 46.8 Å². The number of hydrogen-bond acceptors (Lipinski definition) is 6. The predicted octanol–water partition coefficient (Wildman–Crippen LogP) is 3.26. The molecule has 2 aromatic heterocycles. The number of aromatic nitrogens is 3. The van der Waals surface area contributed by atoms with Crippen LogP contribution in [0.1, 0.15) is 42.8 Å². The second-order valence-electron chi connectivity index (χ2n) is 9.36. The number of morpholine rings is 1. The van der Waals surface area contributed by atoms with Gasteiger partial charge in [0.2, 0.25) is 15.9 Å². The first kappa shape index (κ1) is 25.3. The minimum absolute atomic E-state index is 0.141. The summed E-state index contributed by atoms with van der Waals surface area (Å²) in [5.41, 5.74) is 5.39. The largest absolute Gasteiger partial charge is 0.373 e. The van der Waals surface area contributed by atoms with Crippen LogP contribution in [0.5, 0.6) is 0 Å². The summed E-state index contributed by atoms with van der Waals surface area (Å²) >= 11 is 0. The van der Waals surface area contributed by atoms with Crippen LogP contribution in [0.3, 0.4) is 0 Å². The number of sulfonamides is 1. The van der Waals surface area contributed by atoms with E-state index < -0.39 is 10.0 Å². The number of amides is 1. The standard InChI is InChI=1S/C25H33N5O4S/c1-15-13-30(14-16(2)34-15)35(32,33)21-9-7-20(8-10-21)27-23(31)12-11-22-17(3)24-19(5)28-29(6)25(24)26-18(22)4/h7-10,15-16H,11-14H2,1-6H3,(H,27,31). The van der Waals surface area contributed by atoms with Crippen molar-refractivity contribution in [3.8, 4) is 0 Å². The molecule has 188 valence electrons. The van der Waals surface area contributed by atoms with Crippen molar-refractivity contribution in [1.29, 1.82) is 0 Å². The molecule has 3 heterocycles. The van der Waals surface area contributed by atoms with Gasteiger partial charge in [0.05, 0.1) is 22.8 Å². The molecule has 9 nitrogen and oxygen atoms in total. The summed E-state index contributed by atoms with van der Waals surface area (Å²) in [6.07, 6.45) is 0.535. The average Bonchev–Trinajstić information content (AvgIpc) is 3.06. The van der Waals surface area contributed by atoms with E-state index in [1.165, 1.54) is 16.4 Å². The first-order chi connectivity index (χ1) is 16.5. The summed E-state index contributed by atoms with van der Waals surface area (Å²) in [6.45, 7) is 10.3. The Morgan fingerprint density at radius 3 is 2.34 bits per heavy atom. The number of benzene rings is 1. The highest BCUT2D eigenvalue weighted by Crippen LogP contribution is 2.26. The summed E-state index contributed by atoms with van der Waals surface area (Å²) in [5, 5.41) is 8.38. The van der Waals surface area contributed by atoms with Crippen LogP contribution in [0.2, 0.25) is 0 Å². The number of carbonyl (C=O) groups excluding carboxylic acids is 1. The third-order valence-corrected chi connectivity index (χ3v) is 8.34. The molecule has 10 heteroatoms. The number of carbonyl (C=O) groups is 1. The molecule has 1 saturated heterocycles.